The number of nitrogens with zero attached hydrogens (tertiary/aromatic N) is 3. The molecule has 1 saturated heterocycles. The van der Waals surface area contributed by atoms with Crippen LogP contribution < -0.4 is 20.3 Å². The number of pyridine rings is 1. The van der Waals surface area contributed by atoms with E-state index in [2.05, 4.69) is 33.5 Å². The van der Waals surface area contributed by atoms with E-state index in [1.165, 1.54) is 0 Å². The molecule has 2 aromatic rings. The van der Waals surface area contributed by atoms with Gasteiger partial charge in [-0.05, 0) is 30.7 Å². The summed E-state index contributed by atoms with van der Waals surface area (Å²) in [6.45, 7) is 7.32. The van der Waals surface area contributed by atoms with Crippen molar-refractivity contribution in [3.63, 3.8) is 0 Å². The van der Waals surface area contributed by atoms with Gasteiger partial charge in [0.25, 0.3) is 0 Å². The molecular weight excluding hydrogens is 354 g/mol. The zero-order valence-corrected chi connectivity index (χ0v) is 16.6. The maximum Gasteiger partial charge on any atom is 0.191 e. The molecule has 1 aromatic heterocycles. The Hall–Kier alpha value is -2.80. The van der Waals surface area contributed by atoms with Crippen molar-refractivity contribution in [2.24, 2.45) is 4.99 Å². The van der Waals surface area contributed by atoms with Crippen LogP contribution in [0.1, 0.15) is 18.1 Å². The molecule has 0 atom stereocenters. The lowest BCUT2D eigenvalue weighted by molar-refractivity contribution is 0.122. The third-order valence-electron chi connectivity index (χ3n) is 4.52. The van der Waals surface area contributed by atoms with Gasteiger partial charge in [0.15, 0.2) is 5.96 Å². The largest absolute Gasteiger partial charge is 0.497 e. The van der Waals surface area contributed by atoms with Crippen molar-refractivity contribution < 1.29 is 9.47 Å². The summed E-state index contributed by atoms with van der Waals surface area (Å²) in [4.78, 5) is 11.6. The number of anilines is 1. The number of methoxy groups -OCH3 is 1. The zero-order chi connectivity index (χ0) is 19.6. The highest BCUT2D eigenvalue weighted by molar-refractivity contribution is 5.79. The Bertz CT molecular complexity index is 775. The lowest BCUT2D eigenvalue weighted by atomic mass is 10.2. The summed E-state index contributed by atoms with van der Waals surface area (Å²) in [5, 5.41) is 6.73. The molecule has 0 unspecified atom stereocenters. The van der Waals surface area contributed by atoms with Gasteiger partial charge in [0.1, 0.15) is 11.6 Å². The highest BCUT2D eigenvalue weighted by Gasteiger charge is 2.15. The van der Waals surface area contributed by atoms with E-state index < -0.39 is 0 Å². The first-order valence-electron chi connectivity index (χ1n) is 9.72. The Kier molecular flexibility index (Phi) is 7.49. The summed E-state index contributed by atoms with van der Waals surface area (Å²) >= 11 is 0. The third-order valence-corrected chi connectivity index (χ3v) is 4.52. The van der Waals surface area contributed by atoms with Gasteiger partial charge in [-0.15, -0.1) is 0 Å². The van der Waals surface area contributed by atoms with Gasteiger partial charge >= 0.3 is 0 Å². The van der Waals surface area contributed by atoms with Gasteiger partial charge in [-0.2, -0.15) is 0 Å². The number of morpholine rings is 1. The molecule has 1 aromatic carbocycles. The minimum Gasteiger partial charge on any atom is -0.497 e. The van der Waals surface area contributed by atoms with Crippen molar-refractivity contribution in [1.82, 2.24) is 15.6 Å². The van der Waals surface area contributed by atoms with E-state index >= 15 is 0 Å². The molecule has 0 amide bonds. The van der Waals surface area contributed by atoms with Crippen molar-refractivity contribution in [2.75, 3.05) is 44.9 Å². The van der Waals surface area contributed by atoms with Crippen molar-refractivity contribution in [2.45, 2.75) is 20.0 Å². The smallest absolute Gasteiger partial charge is 0.191 e. The minimum atomic E-state index is 0.579. The van der Waals surface area contributed by atoms with E-state index in [0.29, 0.717) is 13.1 Å². The molecule has 0 saturated carbocycles. The van der Waals surface area contributed by atoms with E-state index in [4.69, 9.17) is 14.5 Å². The Morgan fingerprint density at radius 2 is 2.07 bits per heavy atom. The number of aliphatic imine (C=N–C) groups is 1. The van der Waals surface area contributed by atoms with Crippen LogP contribution in [0.2, 0.25) is 0 Å². The Balaban J connectivity index is 1.66. The van der Waals surface area contributed by atoms with E-state index in [9.17, 15) is 0 Å². The average Bonchev–Trinajstić information content (AvgIpc) is 2.76. The fraction of sp³-hybridized carbons (Fsp3) is 0.429. The maximum atomic E-state index is 5.46. The Morgan fingerprint density at radius 3 is 2.86 bits per heavy atom. The molecule has 1 aliphatic heterocycles. The monoisotopic (exact) mass is 383 g/mol. The summed E-state index contributed by atoms with van der Waals surface area (Å²) in [6, 6.07) is 12.1. The van der Waals surface area contributed by atoms with Crippen molar-refractivity contribution in [1.29, 1.82) is 0 Å². The molecule has 0 radical (unpaired) electrons. The quantitative estimate of drug-likeness (QED) is 0.564. The second kappa shape index (κ2) is 10.5. The predicted octanol–water partition coefficient (Wildman–Crippen LogP) is 2.18. The van der Waals surface area contributed by atoms with Gasteiger partial charge in [0, 0.05) is 37.9 Å². The topological polar surface area (TPSA) is 71.0 Å². The van der Waals surface area contributed by atoms with E-state index in [1.54, 1.807) is 7.11 Å². The molecule has 0 aliphatic carbocycles. The first-order valence-corrected chi connectivity index (χ1v) is 9.72. The number of hydrogen-bond acceptors (Lipinski definition) is 5. The molecule has 3 rings (SSSR count). The number of guanidine groups is 1. The van der Waals surface area contributed by atoms with Crippen LogP contribution in [0.15, 0.2) is 47.6 Å². The van der Waals surface area contributed by atoms with E-state index in [1.807, 2.05) is 36.5 Å². The summed E-state index contributed by atoms with van der Waals surface area (Å²) in [6.07, 6.45) is 1.84. The number of rotatable bonds is 7. The van der Waals surface area contributed by atoms with Crippen LogP contribution in [0.3, 0.4) is 0 Å². The zero-order valence-electron chi connectivity index (χ0n) is 16.6. The van der Waals surface area contributed by atoms with Gasteiger partial charge in [0.05, 0.1) is 26.9 Å². The van der Waals surface area contributed by atoms with Crippen LogP contribution in [0.25, 0.3) is 0 Å². The summed E-state index contributed by atoms with van der Waals surface area (Å²) in [5.41, 5.74) is 2.25. The van der Waals surface area contributed by atoms with Crippen LogP contribution >= 0.6 is 0 Å². The van der Waals surface area contributed by atoms with E-state index in [0.717, 1.165) is 61.5 Å². The second-order valence-electron chi connectivity index (χ2n) is 6.49. The van der Waals surface area contributed by atoms with Crippen molar-refractivity contribution >= 4 is 11.8 Å². The molecule has 1 aliphatic rings. The van der Waals surface area contributed by atoms with Crippen LogP contribution in [0, 0.1) is 0 Å². The maximum absolute atomic E-state index is 5.46. The average molecular weight is 383 g/mol. The second-order valence-corrected chi connectivity index (χ2v) is 6.49. The van der Waals surface area contributed by atoms with Crippen molar-refractivity contribution in [3.8, 4) is 5.75 Å². The SMILES string of the molecule is CCNC(=NCc1cccc(OC)c1)NCc1cccnc1N1CCOCC1. The van der Waals surface area contributed by atoms with Crippen LogP contribution in [-0.4, -0.2) is 50.9 Å². The molecule has 7 nitrogen and oxygen atoms in total. The fourth-order valence-electron chi connectivity index (χ4n) is 3.09. The summed E-state index contributed by atoms with van der Waals surface area (Å²) in [7, 11) is 1.67. The number of nitrogens with one attached hydrogen (secondary N) is 2. The highest BCUT2D eigenvalue weighted by atomic mass is 16.5. The number of hydrogen-bond donors (Lipinski definition) is 2. The lowest BCUT2D eigenvalue weighted by Gasteiger charge is -2.29. The van der Waals surface area contributed by atoms with Gasteiger partial charge in [-0.3, -0.25) is 0 Å². The highest BCUT2D eigenvalue weighted by Crippen LogP contribution is 2.18. The normalized spacial score (nSPS) is 14.6. The van der Waals surface area contributed by atoms with Gasteiger partial charge in [-0.1, -0.05) is 18.2 Å². The minimum absolute atomic E-state index is 0.579. The van der Waals surface area contributed by atoms with Crippen LogP contribution in [0.4, 0.5) is 5.82 Å². The molecule has 2 N–H and O–H groups in total. The number of ether oxygens (including phenoxy) is 2. The van der Waals surface area contributed by atoms with Gasteiger partial charge in [0.2, 0.25) is 0 Å². The summed E-state index contributed by atoms with van der Waals surface area (Å²) in [5.74, 6) is 2.64. The first kappa shape index (κ1) is 19.9. The van der Waals surface area contributed by atoms with Gasteiger partial charge in [-0.25, -0.2) is 9.98 Å². The molecule has 7 heteroatoms. The van der Waals surface area contributed by atoms with Gasteiger partial charge < -0.3 is 25.0 Å². The summed E-state index contributed by atoms with van der Waals surface area (Å²) < 4.78 is 10.7. The standard InChI is InChI=1S/C21H29N5O2/c1-3-22-21(24-15-17-6-4-8-19(14-17)27-2)25-16-18-7-5-9-23-20(18)26-10-12-28-13-11-26/h4-9,14H,3,10-13,15-16H2,1-2H3,(H2,22,24,25). The first-order chi connectivity index (χ1) is 13.8. The molecule has 1 fully saturated rings. The molecule has 150 valence electrons. The Labute approximate surface area is 166 Å². The van der Waals surface area contributed by atoms with Crippen LogP contribution in [0.5, 0.6) is 5.75 Å². The molecule has 2 heterocycles. The predicted molar refractivity (Wildman–Crippen MR) is 112 cm³/mol. The third kappa shape index (κ3) is 5.60. The van der Waals surface area contributed by atoms with Crippen LogP contribution in [-0.2, 0) is 17.8 Å². The van der Waals surface area contributed by atoms with E-state index in [-0.39, 0.29) is 0 Å². The molecule has 28 heavy (non-hydrogen) atoms. The Morgan fingerprint density at radius 1 is 1.21 bits per heavy atom. The number of benzene rings is 1. The van der Waals surface area contributed by atoms with Crippen molar-refractivity contribution in [3.05, 3.63) is 53.7 Å². The number of aromatic nitrogens is 1. The molecule has 0 bridgehead atoms. The molecule has 0 spiro atoms. The fourth-order valence-corrected chi connectivity index (χ4v) is 3.09. The lowest BCUT2D eigenvalue weighted by Crippen LogP contribution is -2.39. The molecular formula is C21H29N5O2.